The number of likely N-dealkylation sites (tertiary alicyclic amines) is 1. The summed E-state index contributed by atoms with van der Waals surface area (Å²) in [5.74, 6) is 0.123. The van der Waals surface area contributed by atoms with Crippen LogP contribution in [0.15, 0.2) is 42.6 Å². The Labute approximate surface area is 146 Å². The minimum Gasteiger partial charge on any atom is -0.473 e. The van der Waals surface area contributed by atoms with E-state index in [1.807, 2.05) is 13.0 Å². The summed E-state index contributed by atoms with van der Waals surface area (Å²) in [6.45, 7) is 4.44. The van der Waals surface area contributed by atoms with Crippen molar-refractivity contribution in [3.05, 3.63) is 59.5 Å². The molecule has 0 radical (unpaired) electrons. The van der Waals surface area contributed by atoms with Crippen LogP contribution in [-0.4, -0.2) is 28.9 Å². The lowest BCUT2D eigenvalue weighted by atomic mass is 9.98. The van der Waals surface area contributed by atoms with Crippen molar-refractivity contribution < 1.29 is 13.9 Å². The highest BCUT2D eigenvalue weighted by Crippen LogP contribution is 2.24. The highest BCUT2D eigenvalue weighted by molar-refractivity contribution is 5.77. The summed E-state index contributed by atoms with van der Waals surface area (Å²) in [7, 11) is 0. The van der Waals surface area contributed by atoms with Gasteiger partial charge in [-0.15, -0.1) is 0 Å². The first-order chi connectivity index (χ1) is 12.0. The molecule has 1 aromatic carbocycles. The zero-order chi connectivity index (χ0) is 17.8. The highest BCUT2D eigenvalue weighted by atomic mass is 19.1. The van der Waals surface area contributed by atoms with Crippen molar-refractivity contribution in [1.82, 2.24) is 9.88 Å². The monoisotopic (exact) mass is 343 g/mol. The molecular formula is C19H22FN3O2. The first-order valence-corrected chi connectivity index (χ1v) is 8.35. The van der Waals surface area contributed by atoms with Crippen LogP contribution in [0.25, 0.3) is 0 Å². The highest BCUT2D eigenvalue weighted by Gasteiger charge is 2.33. The van der Waals surface area contributed by atoms with Crippen LogP contribution < -0.4 is 10.5 Å². The number of nitrogens with zero attached hydrogens (tertiary/aromatic N) is 2. The zero-order valence-electron chi connectivity index (χ0n) is 14.2. The van der Waals surface area contributed by atoms with Crippen LogP contribution in [0.1, 0.15) is 18.1 Å². The van der Waals surface area contributed by atoms with Gasteiger partial charge in [-0.3, -0.25) is 9.69 Å². The second-order valence-corrected chi connectivity index (χ2v) is 6.56. The Hall–Kier alpha value is -2.47. The summed E-state index contributed by atoms with van der Waals surface area (Å²) in [4.78, 5) is 17.9. The van der Waals surface area contributed by atoms with E-state index >= 15 is 0 Å². The molecular weight excluding hydrogens is 321 g/mol. The summed E-state index contributed by atoms with van der Waals surface area (Å²) in [5, 5.41) is 0. The first-order valence-electron chi connectivity index (χ1n) is 8.35. The Morgan fingerprint density at radius 2 is 2.12 bits per heavy atom. The van der Waals surface area contributed by atoms with Crippen molar-refractivity contribution in [2.75, 3.05) is 13.1 Å². The number of aromatic nitrogens is 1. The number of hydrogen-bond acceptors (Lipinski definition) is 4. The van der Waals surface area contributed by atoms with Gasteiger partial charge in [0.15, 0.2) is 0 Å². The fourth-order valence-corrected chi connectivity index (χ4v) is 3.18. The first kappa shape index (κ1) is 17.4. The van der Waals surface area contributed by atoms with Crippen molar-refractivity contribution in [3.63, 3.8) is 0 Å². The van der Waals surface area contributed by atoms with Crippen LogP contribution in [0.3, 0.4) is 0 Å². The number of amides is 1. The van der Waals surface area contributed by atoms with Gasteiger partial charge in [-0.1, -0.05) is 31.2 Å². The number of rotatable bonds is 6. The summed E-state index contributed by atoms with van der Waals surface area (Å²) >= 11 is 0. The smallest absolute Gasteiger partial charge is 0.222 e. The van der Waals surface area contributed by atoms with Gasteiger partial charge in [0.2, 0.25) is 11.8 Å². The average Bonchev–Trinajstić information content (AvgIpc) is 2.96. The molecule has 1 amide bonds. The Morgan fingerprint density at radius 1 is 1.32 bits per heavy atom. The van der Waals surface area contributed by atoms with Crippen molar-refractivity contribution in [3.8, 4) is 5.88 Å². The minimum atomic E-state index is -0.286. The molecule has 2 aromatic rings. The fraction of sp³-hybridized carbons (Fsp3) is 0.368. The molecule has 0 saturated carbocycles. The van der Waals surface area contributed by atoms with E-state index < -0.39 is 0 Å². The number of carbonyl (C=O) groups is 1. The number of benzene rings is 1. The Bertz CT molecular complexity index is 736. The topological polar surface area (TPSA) is 68.4 Å². The van der Waals surface area contributed by atoms with Crippen LogP contribution in [0, 0.1) is 17.7 Å². The third kappa shape index (κ3) is 4.33. The maximum absolute atomic E-state index is 13.6. The maximum Gasteiger partial charge on any atom is 0.222 e. The fourth-order valence-electron chi connectivity index (χ4n) is 3.18. The SMILES string of the molecule is C[C@@H]1CN(Cc2ccc(OCc3ccccc3F)nc2)C[C@H]1C(N)=O. The summed E-state index contributed by atoms with van der Waals surface area (Å²) in [6, 6.07) is 10.2. The predicted molar refractivity (Wildman–Crippen MR) is 92.1 cm³/mol. The van der Waals surface area contributed by atoms with Gasteiger partial charge in [0.25, 0.3) is 0 Å². The van der Waals surface area contributed by atoms with Gasteiger partial charge in [0, 0.05) is 37.5 Å². The number of primary amides is 1. The third-order valence-electron chi connectivity index (χ3n) is 4.59. The van der Waals surface area contributed by atoms with Crippen LogP contribution in [0.4, 0.5) is 4.39 Å². The molecule has 132 valence electrons. The summed E-state index contributed by atoms with van der Waals surface area (Å²) < 4.78 is 19.1. The number of hydrogen-bond donors (Lipinski definition) is 1. The lowest BCUT2D eigenvalue weighted by Crippen LogP contribution is -2.29. The molecule has 2 N–H and O–H groups in total. The van der Waals surface area contributed by atoms with E-state index in [0.717, 1.165) is 12.1 Å². The number of nitrogens with two attached hydrogens (primary N) is 1. The van der Waals surface area contributed by atoms with Crippen LogP contribution in [0.2, 0.25) is 0 Å². The molecule has 0 spiro atoms. The molecule has 0 aliphatic carbocycles. The van der Waals surface area contributed by atoms with Crippen LogP contribution in [-0.2, 0) is 17.9 Å². The lowest BCUT2D eigenvalue weighted by molar-refractivity contribution is -0.122. The van der Waals surface area contributed by atoms with E-state index in [0.29, 0.717) is 24.5 Å². The molecule has 1 aromatic heterocycles. The Kier molecular flexibility index (Phi) is 5.28. The molecule has 1 fully saturated rings. The lowest BCUT2D eigenvalue weighted by Gasteiger charge is -2.15. The second-order valence-electron chi connectivity index (χ2n) is 6.56. The predicted octanol–water partition coefficient (Wildman–Crippen LogP) is 2.35. The van der Waals surface area contributed by atoms with Crippen molar-refractivity contribution in [2.24, 2.45) is 17.6 Å². The molecule has 0 bridgehead atoms. The van der Waals surface area contributed by atoms with Crippen molar-refractivity contribution in [2.45, 2.75) is 20.1 Å². The second kappa shape index (κ2) is 7.61. The van der Waals surface area contributed by atoms with Gasteiger partial charge in [-0.25, -0.2) is 9.37 Å². The van der Waals surface area contributed by atoms with Gasteiger partial charge in [-0.2, -0.15) is 0 Å². The van der Waals surface area contributed by atoms with E-state index in [1.54, 1.807) is 30.5 Å². The van der Waals surface area contributed by atoms with Crippen molar-refractivity contribution >= 4 is 5.91 Å². The molecule has 2 heterocycles. The summed E-state index contributed by atoms with van der Waals surface area (Å²) in [6.07, 6.45) is 1.75. The largest absolute Gasteiger partial charge is 0.473 e. The molecule has 3 rings (SSSR count). The van der Waals surface area contributed by atoms with E-state index in [-0.39, 0.29) is 30.2 Å². The average molecular weight is 343 g/mol. The number of halogens is 1. The Balaban J connectivity index is 1.54. The van der Waals surface area contributed by atoms with Gasteiger partial charge < -0.3 is 10.5 Å². The minimum absolute atomic E-state index is 0.0867. The van der Waals surface area contributed by atoms with E-state index in [4.69, 9.17) is 10.5 Å². The third-order valence-corrected chi connectivity index (χ3v) is 4.59. The number of pyridine rings is 1. The maximum atomic E-state index is 13.6. The molecule has 1 aliphatic rings. The molecule has 1 aliphatic heterocycles. The standard InChI is InChI=1S/C19H22FN3O2/c1-13-9-23(11-16(13)19(21)24)10-14-6-7-18(22-8-14)25-12-15-4-2-3-5-17(15)20/h2-8,13,16H,9-12H2,1H3,(H2,21,24)/t13-,16-/m1/s1. The normalized spacial score (nSPS) is 20.6. The van der Waals surface area contributed by atoms with E-state index in [1.165, 1.54) is 6.07 Å². The summed E-state index contributed by atoms with van der Waals surface area (Å²) in [5.41, 5.74) is 6.97. The molecule has 25 heavy (non-hydrogen) atoms. The van der Waals surface area contributed by atoms with Gasteiger partial charge in [0.1, 0.15) is 12.4 Å². The van der Waals surface area contributed by atoms with Crippen LogP contribution >= 0.6 is 0 Å². The number of ether oxygens (including phenoxy) is 1. The number of carbonyl (C=O) groups excluding carboxylic acids is 1. The van der Waals surface area contributed by atoms with Crippen molar-refractivity contribution in [1.29, 1.82) is 0 Å². The molecule has 6 heteroatoms. The van der Waals surface area contributed by atoms with E-state index in [9.17, 15) is 9.18 Å². The van der Waals surface area contributed by atoms with Crippen LogP contribution in [0.5, 0.6) is 5.88 Å². The molecule has 5 nitrogen and oxygen atoms in total. The van der Waals surface area contributed by atoms with E-state index in [2.05, 4.69) is 9.88 Å². The van der Waals surface area contributed by atoms with Gasteiger partial charge in [-0.05, 0) is 17.5 Å². The molecule has 1 saturated heterocycles. The van der Waals surface area contributed by atoms with Gasteiger partial charge >= 0.3 is 0 Å². The molecule has 2 atom stereocenters. The Morgan fingerprint density at radius 3 is 2.76 bits per heavy atom. The quantitative estimate of drug-likeness (QED) is 0.874. The van der Waals surface area contributed by atoms with Gasteiger partial charge in [0.05, 0.1) is 5.92 Å². The zero-order valence-corrected chi connectivity index (χ0v) is 14.2. The molecule has 0 unspecified atom stereocenters.